The number of carbonyl (C=O) groups is 1. The molecule has 0 radical (unpaired) electrons. The van der Waals surface area contributed by atoms with Crippen LogP contribution in [0.15, 0.2) is 41.6 Å². The van der Waals surface area contributed by atoms with E-state index in [0.29, 0.717) is 28.2 Å². The predicted octanol–water partition coefficient (Wildman–Crippen LogP) is 5.31. The summed E-state index contributed by atoms with van der Waals surface area (Å²) in [5, 5.41) is 9.18. The number of thioether (sulfide) groups is 1. The molecule has 1 aromatic heterocycles. The average molecular weight is 660 g/mol. The van der Waals surface area contributed by atoms with Crippen molar-refractivity contribution in [3.05, 3.63) is 49.1 Å². The number of benzene rings is 2. The van der Waals surface area contributed by atoms with Crippen LogP contribution in [0, 0.1) is 7.14 Å². The predicted molar refractivity (Wildman–Crippen MR) is 137 cm³/mol. The zero-order chi connectivity index (χ0) is 22.1. The summed E-state index contributed by atoms with van der Waals surface area (Å²) in [5.74, 6) is 1.63. The second-order valence-corrected chi connectivity index (χ2v) is 10.2. The van der Waals surface area contributed by atoms with Crippen LogP contribution in [0.3, 0.4) is 0 Å². The number of nitrogens with zero attached hydrogens (tertiary/aromatic N) is 4. The first-order valence-electron chi connectivity index (χ1n) is 9.40. The molecule has 0 N–H and O–H groups in total. The molecule has 1 amide bonds. The second kappa shape index (κ2) is 9.45. The largest absolute Gasteiger partial charge is 0.495 e. The molecule has 160 valence electrons. The van der Waals surface area contributed by atoms with Gasteiger partial charge in [-0.25, -0.2) is 0 Å². The van der Waals surface area contributed by atoms with Crippen LogP contribution in [0.25, 0.3) is 11.3 Å². The lowest BCUT2D eigenvalue weighted by Crippen LogP contribution is -2.36. The van der Waals surface area contributed by atoms with E-state index < -0.39 is 6.23 Å². The number of ether oxygens (including phenoxy) is 2. The normalized spacial score (nSPS) is 14.9. The molecule has 1 aliphatic heterocycles. The maximum absolute atomic E-state index is 12.9. The Kier molecular flexibility index (Phi) is 6.86. The number of fused-ring (bicyclic) bond motifs is 3. The summed E-state index contributed by atoms with van der Waals surface area (Å²) >= 11 is 5.96. The summed E-state index contributed by atoms with van der Waals surface area (Å²) in [7, 11) is 1.62. The number of anilines is 1. The Balaban J connectivity index is 2.00. The number of halogens is 2. The molecule has 3 aromatic rings. The average Bonchev–Trinajstić information content (AvgIpc) is 2.87. The highest BCUT2D eigenvalue weighted by molar-refractivity contribution is 14.1. The fraction of sp³-hybridized carbons (Fsp3) is 0.238. The van der Waals surface area contributed by atoms with Crippen molar-refractivity contribution in [2.75, 3.05) is 17.8 Å². The van der Waals surface area contributed by atoms with Crippen molar-refractivity contribution in [3.8, 4) is 22.9 Å². The number of hydrogen-bond acceptors (Lipinski definition) is 7. The summed E-state index contributed by atoms with van der Waals surface area (Å²) in [5.41, 5.74) is 2.66. The Morgan fingerprint density at radius 2 is 2.03 bits per heavy atom. The highest BCUT2D eigenvalue weighted by atomic mass is 127. The topological polar surface area (TPSA) is 77.4 Å². The first-order valence-corrected chi connectivity index (χ1v) is 12.5. The Morgan fingerprint density at radius 1 is 1.26 bits per heavy atom. The summed E-state index contributed by atoms with van der Waals surface area (Å²) in [4.78, 5) is 19.2. The first kappa shape index (κ1) is 22.5. The molecule has 0 spiro atoms. The van der Waals surface area contributed by atoms with Crippen molar-refractivity contribution < 1.29 is 14.3 Å². The minimum Gasteiger partial charge on any atom is -0.495 e. The van der Waals surface area contributed by atoms with Gasteiger partial charge in [-0.05, 0) is 69.1 Å². The smallest absolute Gasteiger partial charge is 0.247 e. The van der Waals surface area contributed by atoms with E-state index in [1.54, 1.807) is 12.0 Å². The number of para-hydroxylation sites is 1. The number of amides is 1. The van der Waals surface area contributed by atoms with Gasteiger partial charge in [0.1, 0.15) is 5.75 Å². The first-order chi connectivity index (χ1) is 14.9. The number of aromatic nitrogens is 3. The van der Waals surface area contributed by atoms with Crippen molar-refractivity contribution in [3.63, 3.8) is 0 Å². The number of hydrogen-bond donors (Lipinski definition) is 0. The van der Waals surface area contributed by atoms with Crippen LogP contribution in [-0.2, 0) is 4.79 Å². The van der Waals surface area contributed by atoms with Gasteiger partial charge >= 0.3 is 0 Å². The Bertz CT molecular complexity index is 1160. The Labute approximate surface area is 211 Å². The van der Waals surface area contributed by atoms with Gasteiger partial charge < -0.3 is 9.47 Å². The number of rotatable bonds is 4. The van der Waals surface area contributed by atoms with Gasteiger partial charge in [-0.2, -0.15) is 4.98 Å². The Morgan fingerprint density at radius 3 is 2.74 bits per heavy atom. The van der Waals surface area contributed by atoms with Gasteiger partial charge in [-0.3, -0.25) is 9.69 Å². The summed E-state index contributed by atoms with van der Waals surface area (Å²) < 4.78 is 14.1. The molecule has 2 heterocycles. The van der Waals surface area contributed by atoms with Crippen molar-refractivity contribution in [1.29, 1.82) is 0 Å². The summed E-state index contributed by atoms with van der Waals surface area (Å²) in [6.07, 6.45) is -0.783. The molecule has 0 fully saturated rings. The van der Waals surface area contributed by atoms with Gasteiger partial charge in [0, 0.05) is 16.1 Å². The van der Waals surface area contributed by atoms with E-state index >= 15 is 0 Å². The SMILES string of the molecule is CCSc1nnc2c(n1)O[C@H](c1cc(I)cc(I)c1OC)N(C(C)=O)c1ccccc1-2. The van der Waals surface area contributed by atoms with E-state index in [4.69, 9.17) is 9.47 Å². The van der Waals surface area contributed by atoms with E-state index in [1.165, 1.54) is 18.7 Å². The van der Waals surface area contributed by atoms with Gasteiger partial charge in [-0.15, -0.1) is 10.2 Å². The lowest BCUT2D eigenvalue weighted by atomic mass is 10.1. The maximum atomic E-state index is 12.9. The fourth-order valence-electron chi connectivity index (χ4n) is 3.42. The van der Waals surface area contributed by atoms with Gasteiger partial charge in [0.05, 0.1) is 21.9 Å². The molecule has 0 saturated heterocycles. The van der Waals surface area contributed by atoms with E-state index in [9.17, 15) is 4.79 Å². The molecule has 2 aromatic carbocycles. The second-order valence-electron chi connectivity index (χ2n) is 6.57. The minimum atomic E-state index is -0.783. The molecule has 0 saturated carbocycles. The fourth-order valence-corrected chi connectivity index (χ4v) is 6.04. The van der Waals surface area contributed by atoms with Crippen LogP contribution in [-0.4, -0.2) is 34.0 Å². The van der Waals surface area contributed by atoms with Crippen LogP contribution in [0.1, 0.15) is 25.6 Å². The minimum absolute atomic E-state index is 0.169. The number of methoxy groups -OCH3 is 1. The molecule has 4 rings (SSSR count). The van der Waals surface area contributed by atoms with Crippen LogP contribution in [0.5, 0.6) is 11.6 Å². The van der Waals surface area contributed by atoms with Crippen molar-refractivity contribution >= 4 is 68.5 Å². The van der Waals surface area contributed by atoms with E-state index in [0.717, 1.165) is 24.0 Å². The third-order valence-corrected chi connectivity index (χ3v) is 6.78. The van der Waals surface area contributed by atoms with Crippen LogP contribution in [0.2, 0.25) is 0 Å². The summed E-state index contributed by atoms with van der Waals surface area (Å²) in [6, 6.07) is 11.5. The zero-order valence-electron chi connectivity index (χ0n) is 16.9. The van der Waals surface area contributed by atoms with Gasteiger partial charge in [-0.1, -0.05) is 36.9 Å². The van der Waals surface area contributed by atoms with Crippen molar-refractivity contribution in [1.82, 2.24) is 15.2 Å². The van der Waals surface area contributed by atoms with Gasteiger partial charge in [0.15, 0.2) is 5.69 Å². The zero-order valence-corrected chi connectivity index (χ0v) is 22.1. The summed E-state index contributed by atoms with van der Waals surface area (Å²) in [6.45, 7) is 3.54. The number of carbonyl (C=O) groups excluding carboxylic acids is 1. The molecule has 1 aliphatic rings. The monoisotopic (exact) mass is 660 g/mol. The van der Waals surface area contributed by atoms with Crippen molar-refractivity contribution in [2.24, 2.45) is 0 Å². The lowest BCUT2D eigenvalue weighted by molar-refractivity contribution is -0.118. The van der Waals surface area contributed by atoms with Crippen molar-refractivity contribution in [2.45, 2.75) is 25.2 Å². The quantitative estimate of drug-likeness (QED) is 0.278. The lowest BCUT2D eigenvalue weighted by Gasteiger charge is -2.31. The molecule has 0 unspecified atom stereocenters. The molecule has 7 nitrogen and oxygen atoms in total. The van der Waals surface area contributed by atoms with Gasteiger partial charge in [0.25, 0.3) is 0 Å². The van der Waals surface area contributed by atoms with Crippen LogP contribution >= 0.6 is 56.9 Å². The van der Waals surface area contributed by atoms with Gasteiger partial charge in [0.2, 0.25) is 23.2 Å². The van der Waals surface area contributed by atoms with Crippen LogP contribution < -0.4 is 14.4 Å². The third kappa shape index (κ3) is 4.33. The molecule has 0 bridgehead atoms. The molecular weight excluding hydrogens is 642 g/mol. The van der Waals surface area contributed by atoms with E-state index in [2.05, 4.69) is 60.4 Å². The molecule has 10 heteroatoms. The maximum Gasteiger partial charge on any atom is 0.247 e. The standard InChI is InChI=1S/C21H18I2N4O3S/c1-4-31-21-24-19-17(25-26-21)13-7-5-6-8-16(13)27(11(2)28)20(30-19)14-9-12(22)10-15(23)18(14)29-3/h5-10,20H,4H2,1-3H3/t20-/m1/s1. The molecule has 31 heavy (non-hydrogen) atoms. The molecule has 0 aliphatic carbocycles. The highest BCUT2D eigenvalue weighted by Crippen LogP contribution is 2.45. The molecule has 1 atom stereocenters. The third-order valence-electron chi connectivity index (χ3n) is 4.63. The van der Waals surface area contributed by atoms with E-state index in [-0.39, 0.29) is 5.91 Å². The Hall–Kier alpha value is -1.67. The highest BCUT2D eigenvalue weighted by Gasteiger charge is 2.36. The molecular formula is C21H18I2N4O3S. The van der Waals surface area contributed by atoms with Crippen LogP contribution in [0.4, 0.5) is 5.69 Å². The van der Waals surface area contributed by atoms with E-state index in [1.807, 2.05) is 43.3 Å².